The lowest BCUT2D eigenvalue weighted by atomic mass is 9.89. The summed E-state index contributed by atoms with van der Waals surface area (Å²) in [6.45, 7) is 4.63. The second kappa shape index (κ2) is 6.72. The van der Waals surface area contributed by atoms with Gasteiger partial charge in [-0.15, -0.1) is 0 Å². The normalized spacial score (nSPS) is 14.1. The van der Waals surface area contributed by atoms with Gasteiger partial charge in [0.05, 0.1) is 0 Å². The SMILES string of the molecule is CCC(C)C1=Cc2c(ccc(-c3ccccc3)c2-c2ccccc2)C1. The van der Waals surface area contributed by atoms with Gasteiger partial charge in [0.2, 0.25) is 0 Å². The molecular weight excluding hydrogens is 300 g/mol. The lowest BCUT2D eigenvalue weighted by Crippen LogP contribution is -1.97. The lowest BCUT2D eigenvalue weighted by molar-refractivity contribution is 0.647. The molecule has 0 saturated carbocycles. The molecule has 0 aliphatic heterocycles. The maximum absolute atomic E-state index is 2.46. The number of benzene rings is 3. The van der Waals surface area contributed by atoms with Gasteiger partial charge in [-0.3, -0.25) is 0 Å². The van der Waals surface area contributed by atoms with Gasteiger partial charge in [0.1, 0.15) is 0 Å². The van der Waals surface area contributed by atoms with E-state index in [0.29, 0.717) is 5.92 Å². The van der Waals surface area contributed by atoms with Gasteiger partial charge in [-0.2, -0.15) is 0 Å². The Morgan fingerprint density at radius 1 is 0.800 bits per heavy atom. The smallest absolute Gasteiger partial charge is 0.00300 e. The van der Waals surface area contributed by atoms with Gasteiger partial charge in [0.15, 0.2) is 0 Å². The fourth-order valence-electron chi connectivity index (χ4n) is 3.79. The Labute approximate surface area is 150 Å². The van der Waals surface area contributed by atoms with E-state index < -0.39 is 0 Å². The summed E-state index contributed by atoms with van der Waals surface area (Å²) < 4.78 is 0. The predicted octanol–water partition coefficient (Wildman–Crippen LogP) is 7.01. The lowest BCUT2D eigenvalue weighted by Gasteiger charge is -2.15. The molecule has 1 unspecified atom stereocenters. The van der Waals surface area contributed by atoms with Crippen LogP contribution in [0.25, 0.3) is 28.3 Å². The van der Waals surface area contributed by atoms with Gasteiger partial charge in [0, 0.05) is 0 Å². The molecule has 0 nitrogen and oxygen atoms in total. The van der Waals surface area contributed by atoms with E-state index in [1.807, 2.05) is 0 Å². The average Bonchev–Trinajstić information content (AvgIpc) is 3.12. The zero-order chi connectivity index (χ0) is 17.2. The van der Waals surface area contributed by atoms with Gasteiger partial charge in [-0.1, -0.05) is 98.3 Å². The summed E-state index contributed by atoms with van der Waals surface area (Å²) in [4.78, 5) is 0. The molecule has 0 radical (unpaired) electrons. The number of fused-ring (bicyclic) bond motifs is 1. The maximum Gasteiger partial charge on any atom is -0.00300 e. The predicted molar refractivity (Wildman–Crippen MR) is 108 cm³/mol. The standard InChI is InChI=1S/C25H24/c1-3-18(2)22-16-21-14-15-23(19-10-6-4-7-11-19)25(24(21)17-22)20-12-8-5-9-13-20/h4-15,17-18H,3,16H2,1-2H3. The summed E-state index contributed by atoms with van der Waals surface area (Å²) >= 11 is 0. The van der Waals surface area contributed by atoms with E-state index in [-0.39, 0.29) is 0 Å². The molecule has 3 aromatic carbocycles. The molecule has 0 amide bonds. The number of rotatable bonds is 4. The first-order chi connectivity index (χ1) is 12.3. The Hall–Kier alpha value is -2.60. The topological polar surface area (TPSA) is 0 Å². The average molecular weight is 324 g/mol. The maximum atomic E-state index is 2.46. The van der Waals surface area contributed by atoms with Crippen molar-refractivity contribution < 1.29 is 0 Å². The highest BCUT2D eigenvalue weighted by atomic mass is 14.3. The minimum Gasteiger partial charge on any atom is -0.0648 e. The van der Waals surface area contributed by atoms with Crippen molar-refractivity contribution in [2.24, 2.45) is 5.92 Å². The van der Waals surface area contributed by atoms with Crippen LogP contribution < -0.4 is 0 Å². The van der Waals surface area contributed by atoms with Crippen molar-refractivity contribution in [3.05, 3.63) is 89.5 Å². The molecule has 0 fully saturated rings. The van der Waals surface area contributed by atoms with Gasteiger partial charge in [-0.05, 0) is 52.1 Å². The van der Waals surface area contributed by atoms with Crippen molar-refractivity contribution in [3.8, 4) is 22.3 Å². The van der Waals surface area contributed by atoms with Crippen LogP contribution in [0.5, 0.6) is 0 Å². The first-order valence-corrected chi connectivity index (χ1v) is 9.25. The van der Waals surface area contributed by atoms with Gasteiger partial charge >= 0.3 is 0 Å². The molecule has 0 N–H and O–H groups in total. The van der Waals surface area contributed by atoms with E-state index in [1.54, 1.807) is 5.57 Å². The van der Waals surface area contributed by atoms with Crippen LogP contribution >= 0.6 is 0 Å². The quantitative estimate of drug-likeness (QED) is 0.484. The van der Waals surface area contributed by atoms with Crippen LogP contribution in [0.4, 0.5) is 0 Å². The highest BCUT2D eigenvalue weighted by Crippen LogP contribution is 2.42. The number of allylic oxidation sites excluding steroid dienone is 1. The molecule has 1 aliphatic rings. The van der Waals surface area contributed by atoms with Crippen LogP contribution in [0.2, 0.25) is 0 Å². The van der Waals surface area contributed by atoms with E-state index in [0.717, 1.165) is 6.42 Å². The van der Waals surface area contributed by atoms with Crippen molar-refractivity contribution in [2.75, 3.05) is 0 Å². The summed E-state index contributed by atoms with van der Waals surface area (Å²) in [7, 11) is 0. The van der Waals surface area contributed by atoms with E-state index >= 15 is 0 Å². The van der Waals surface area contributed by atoms with Gasteiger partial charge in [0.25, 0.3) is 0 Å². The third-order valence-electron chi connectivity index (χ3n) is 5.45. The van der Waals surface area contributed by atoms with Crippen molar-refractivity contribution in [1.82, 2.24) is 0 Å². The molecule has 124 valence electrons. The molecule has 1 atom stereocenters. The van der Waals surface area contributed by atoms with E-state index in [9.17, 15) is 0 Å². The minimum atomic E-state index is 0.649. The van der Waals surface area contributed by atoms with Crippen molar-refractivity contribution in [1.29, 1.82) is 0 Å². The van der Waals surface area contributed by atoms with E-state index in [4.69, 9.17) is 0 Å². The van der Waals surface area contributed by atoms with Crippen LogP contribution in [-0.2, 0) is 6.42 Å². The fraction of sp³-hybridized carbons (Fsp3) is 0.200. The van der Waals surface area contributed by atoms with Crippen molar-refractivity contribution in [2.45, 2.75) is 26.7 Å². The monoisotopic (exact) mass is 324 g/mol. The third-order valence-corrected chi connectivity index (χ3v) is 5.45. The highest BCUT2D eigenvalue weighted by Gasteiger charge is 2.22. The molecule has 3 aromatic rings. The Morgan fingerprint density at radius 3 is 2.08 bits per heavy atom. The van der Waals surface area contributed by atoms with Crippen molar-refractivity contribution >= 4 is 6.08 Å². The Balaban J connectivity index is 1.95. The zero-order valence-corrected chi connectivity index (χ0v) is 15.0. The van der Waals surface area contributed by atoms with Crippen LogP contribution in [0.15, 0.2) is 78.4 Å². The van der Waals surface area contributed by atoms with Crippen LogP contribution in [-0.4, -0.2) is 0 Å². The Kier molecular flexibility index (Phi) is 4.28. The number of hydrogen-bond donors (Lipinski definition) is 0. The minimum absolute atomic E-state index is 0.649. The summed E-state index contributed by atoms with van der Waals surface area (Å²) in [6, 6.07) is 26.2. The summed E-state index contributed by atoms with van der Waals surface area (Å²) in [5.74, 6) is 0.649. The fourth-order valence-corrected chi connectivity index (χ4v) is 3.79. The Morgan fingerprint density at radius 2 is 1.44 bits per heavy atom. The van der Waals surface area contributed by atoms with E-state index in [1.165, 1.54) is 39.8 Å². The molecule has 0 bridgehead atoms. The number of hydrogen-bond acceptors (Lipinski definition) is 0. The van der Waals surface area contributed by atoms with Crippen LogP contribution in [0, 0.1) is 5.92 Å². The molecular formula is C25H24. The van der Waals surface area contributed by atoms with Crippen LogP contribution in [0.3, 0.4) is 0 Å². The largest absolute Gasteiger partial charge is 0.0648 e. The van der Waals surface area contributed by atoms with E-state index in [2.05, 4.69) is 92.7 Å². The second-order valence-electron chi connectivity index (χ2n) is 7.00. The summed E-state index contributed by atoms with van der Waals surface area (Å²) in [5, 5.41) is 0. The van der Waals surface area contributed by atoms with Gasteiger partial charge < -0.3 is 0 Å². The van der Waals surface area contributed by atoms with Gasteiger partial charge in [-0.25, -0.2) is 0 Å². The summed E-state index contributed by atoms with van der Waals surface area (Å²) in [6.07, 6.45) is 4.75. The third kappa shape index (κ3) is 2.93. The Bertz CT molecular complexity index is 902. The molecule has 0 heterocycles. The first-order valence-electron chi connectivity index (χ1n) is 9.25. The summed E-state index contributed by atoms with van der Waals surface area (Å²) in [5.41, 5.74) is 9.75. The second-order valence-corrected chi connectivity index (χ2v) is 7.00. The molecule has 0 aromatic heterocycles. The molecule has 25 heavy (non-hydrogen) atoms. The molecule has 0 spiro atoms. The molecule has 0 saturated heterocycles. The van der Waals surface area contributed by atoms with Crippen LogP contribution in [0.1, 0.15) is 31.4 Å². The zero-order valence-electron chi connectivity index (χ0n) is 15.0. The molecule has 0 heteroatoms. The molecule has 1 aliphatic carbocycles. The van der Waals surface area contributed by atoms with Crippen molar-refractivity contribution in [3.63, 3.8) is 0 Å². The highest BCUT2D eigenvalue weighted by molar-refractivity contribution is 5.92. The first kappa shape index (κ1) is 15.9. The molecule has 4 rings (SSSR count).